The molecule has 0 saturated carbocycles. The third-order valence-electron chi connectivity index (χ3n) is 5.08. The van der Waals surface area contributed by atoms with Crippen molar-refractivity contribution in [2.24, 2.45) is 7.05 Å². The van der Waals surface area contributed by atoms with Crippen LogP contribution in [0.3, 0.4) is 0 Å². The fourth-order valence-electron chi connectivity index (χ4n) is 3.33. The van der Waals surface area contributed by atoms with Crippen LogP contribution in [0.5, 0.6) is 0 Å². The van der Waals surface area contributed by atoms with Crippen molar-refractivity contribution in [3.63, 3.8) is 0 Å². The summed E-state index contributed by atoms with van der Waals surface area (Å²) in [4.78, 5) is 29.4. The van der Waals surface area contributed by atoms with Crippen LogP contribution in [0.15, 0.2) is 49.1 Å². The molecule has 1 amide bonds. The van der Waals surface area contributed by atoms with E-state index in [2.05, 4.69) is 19.9 Å². The maximum absolute atomic E-state index is 12.8. The predicted molar refractivity (Wildman–Crippen MR) is 106 cm³/mol. The first kappa shape index (κ1) is 18.1. The Kier molecular flexibility index (Phi) is 5.03. The highest BCUT2D eigenvalue weighted by Crippen LogP contribution is 2.19. The Labute approximate surface area is 163 Å². The first-order chi connectivity index (χ1) is 13.6. The van der Waals surface area contributed by atoms with Crippen LogP contribution in [0.4, 0.5) is 5.95 Å². The van der Waals surface area contributed by atoms with Crippen molar-refractivity contribution >= 4 is 11.9 Å². The molecular weight excluding hydrogens is 354 g/mol. The Morgan fingerprint density at radius 3 is 2.29 bits per heavy atom. The van der Waals surface area contributed by atoms with Crippen molar-refractivity contribution in [1.82, 2.24) is 29.3 Å². The van der Waals surface area contributed by atoms with E-state index in [9.17, 15) is 4.79 Å². The van der Waals surface area contributed by atoms with Crippen LogP contribution in [0.25, 0.3) is 11.1 Å². The molecule has 3 heterocycles. The highest BCUT2D eigenvalue weighted by molar-refractivity contribution is 5.94. The maximum atomic E-state index is 12.8. The molecule has 8 heteroatoms. The predicted octanol–water partition coefficient (Wildman–Crippen LogP) is 1.42. The largest absolute Gasteiger partial charge is 0.368 e. The van der Waals surface area contributed by atoms with Crippen LogP contribution < -0.4 is 5.73 Å². The zero-order valence-corrected chi connectivity index (χ0v) is 15.8. The first-order valence-electron chi connectivity index (χ1n) is 9.26. The Balaban J connectivity index is 1.36. The molecule has 2 N–H and O–H groups in total. The summed E-state index contributed by atoms with van der Waals surface area (Å²) in [5, 5.41) is 0. The van der Waals surface area contributed by atoms with Gasteiger partial charge in [0.15, 0.2) is 0 Å². The number of nitrogens with zero attached hydrogens (tertiary/aromatic N) is 6. The minimum Gasteiger partial charge on any atom is -0.368 e. The van der Waals surface area contributed by atoms with Gasteiger partial charge in [0.2, 0.25) is 5.95 Å². The Morgan fingerprint density at radius 1 is 1.00 bits per heavy atom. The minimum absolute atomic E-state index is 0.0664. The smallest absolute Gasteiger partial charge is 0.253 e. The Hall–Kier alpha value is -3.26. The highest BCUT2D eigenvalue weighted by atomic mass is 16.2. The lowest BCUT2D eigenvalue weighted by Gasteiger charge is -2.34. The minimum atomic E-state index is 0.0664. The molecule has 1 saturated heterocycles. The fourth-order valence-corrected chi connectivity index (χ4v) is 3.33. The summed E-state index contributed by atoms with van der Waals surface area (Å²) in [7, 11) is 2.00. The van der Waals surface area contributed by atoms with E-state index in [0.717, 1.165) is 49.7 Å². The molecule has 0 atom stereocenters. The van der Waals surface area contributed by atoms with E-state index in [1.54, 1.807) is 12.4 Å². The van der Waals surface area contributed by atoms with Gasteiger partial charge >= 0.3 is 0 Å². The Bertz CT molecular complexity index is 941. The highest BCUT2D eigenvalue weighted by Gasteiger charge is 2.22. The normalized spacial score (nSPS) is 15.0. The molecule has 1 aromatic carbocycles. The molecule has 0 spiro atoms. The van der Waals surface area contributed by atoms with Crippen molar-refractivity contribution in [2.45, 2.75) is 6.54 Å². The van der Waals surface area contributed by atoms with Gasteiger partial charge < -0.3 is 15.2 Å². The van der Waals surface area contributed by atoms with Gasteiger partial charge in [-0.2, -0.15) is 0 Å². The van der Waals surface area contributed by atoms with Gasteiger partial charge in [-0.15, -0.1) is 0 Å². The molecule has 0 aliphatic carbocycles. The summed E-state index contributed by atoms with van der Waals surface area (Å²) < 4.78 is 2.03. The van der Waals surface area contributed by atoms with Gasteiger partial charge in [0.25, 0.3) is 5.91 Å². The van der Waals surface area contributed by atoms with Crippen LogP contribution in [-0.2, 0) is 13.6 Å². The number of hydrogen-bond acceptors (Lipinski definition) is 6. The number of carbonyl (C=O) groups is 1. The Morgan fingerprint density at radius 2 is 1.68 bits per heavy atom. The number of amides is 1. The van der Waals surface area contributed by atoms with Crippen LogP contribution in [0.2, 0.25) is 0 Å². The lowest BCUT2D eigenvalue weighted by atomic mass is 10.1. The number of carbonyl (C=O) groups excluding carboxylic acids is 1. The molecule has 3 aromatic rings. The molecule has 1 fully saturated rings. The lowest BCUT2D eigenvalue weighted by molar-refractivity contribution is 0.0624. The summed E-state index contributed by atoms with van der Waals surface area (Å²) >= 11 is 0. The van der Waals surface area contributed by atoms with Crippen LogP contribution in [0, 0.1) is 0 Å². The van der Waals surface area contributed by atoms with Crippen molar-refractivity contribution in [3.05, 3.63) is 60.4 Å². The van der Waals surface area contributed by atoms with Crippen LogP contribution in [-0.4, -0.2) is 61.4 Å². The number of imidazole rings is 1. The number of hydrogen-bond donors (Lipinski definition) is 1. The zero-order valence-electron chi connectivity index (χ0n) is 15.8. The van der Waals surface area contributed by atoms with Gasteiger partial charge in [-0.25, -0.2) is 15.0 Å². The second-order valence-electron chi connectivity index (χ2n) is 6.93. The standard InChI is InChI=1S/C20H23N7O/c1-25-7-6-22-18(25)14-26-8-10-27(11-9-26)19(28)16-4-2-15(3-5-16)17-12-23-20(21)24-13-17/h2-7,12-13H,8-11,14H2,1H3,(H2,21,23,24). The molecule has 2 aromatic heterocycles. The molecule has 4 rings (SSSR count). The summed E-state index contributed by atoms with van der Waals surface area (Å²) in [6.07, 6.45) is 7.13. The molecule has 1 aliphatic rings. The average molecular weight is 377 g/mol. The summed E-state index contributed by atoms with van der Waals surface area (Å²) in [6.45, 7) is 3.94. The van der Waals surface area contributed by atoms with E-state index in [4.69, 9.17) is 5.73 Å². The number of rotatable bonds is 4. The quantitative estimate of drug-likeness (QED) is 0.739. The monoisotopic (exact) mass is 377 g/mol. The number of nitrogens with two attached hydrogens (primary N) is 1. The summed E-state index contributed by atoms with van der Waals surface area (Å²) in [5.41, 5.74) is 8.04. The molecule has 1 aliphatic heterocycles. The fraction of sp³-hybridized carbons (Fsp3) is 0.300. The van der Waals surface area contributed by atoms with Gasteiger partial charge in [-0.1, -0.05) is 12.1 Å². The number of aryl methyl sites for hydroxylation is 1. The lowest BCUT2D eigenvalue weighted by Crippen LogP contribution is -2.48. The summed E-state index contributed by atoms with van der Waals surface area (Å²) in [5.74, 6) is 1.36. The van der Waals surface area contributed by atoms with E-state index in [-0.39, 0.29) is 11.9 Å². The first-order valence-corrected chi connectivity index (χ1v) is 9.26. The van der Waals surface area contributed by atoms with Crippen LogP contribution >= 0.6 is 0 Å². The molecule has 144 valence electrons. The van der Waals surface area contributed by atoms with Gasteiger partial charge in [0, 0.05) is 69.1 Å². The summed E-state index contributed by atoms with van der Waals surface area (Å²) in [6, 6.07) is 7.54. The van der Waals surface area contributed by atoms with Crippen molar-refractivity contribution in [2.75, 3.05) is 31.9 Å². The molecule has 0 bridgehead atoms. The molecule has 0 unspecified atom stereocenters. The van der Waals surface area contributed by atoms with Crippen molar-refractivity contribution in [1.29, 1.82) is 0 Å². The number of nitrogen functional groups attached to an aromatic ring is 1. The van der Waals surface area contributed by atoms with Crippen LogP contribution in [0.1, 0.15) is 16.2 Å². The number of benzene rings is 1. The van der Waals surface area contributed by atoms with E-state index >= 15 is 0 Å². The topological polar surface area (TPSA) is 93.2 Å². The third-order valence-corrected chi connectivity index (χ3v) is 5.08. The number of aromatic nitrogens is 4. The number of anilines is 1. The maximum Gasteiger partial charge on any atom is 0.253 e. The molecule has 0 radical (unpaired) electrons. The van der Waals surface area contributed by atoms with Gasteiger partial charge in [-0.05, 0) is 17.7 Å². The second-order valence-corrected chi connectivity index (χ2v) is 6.93. The molecule has 28 heavy (non-hydrogen) atoms. The SMILES string of the molecule is Cn1ccnc1CN1CCN(C(=O)c2ccc(-c3cnc(N)nc3)cc2)CC1. The molecule has 8 nitrogen and oxygen atoms in total. The van der Waals surface area contributed by atoms with Gasteiger partial charge in [-0.3, -0.25) is 9.69 Å². The van der Waals surface area contributed by atoms with E-state index in [0.29, 0.717) is 5.56 Å². The number of piperazine rings is 1. The second kappa shape index (κ2) is 7.77. The van der Waals surface area contributed by atoms with E-state index < -0.39 is 0 Å². The van der Waals surface area contributed by atoms with Crippen molar-refractivity contribution in [3.8, 4) is 11.1 Å². The van der Waals surface area contributed by atoms with Crippen molar-refractivity contribution < 1.29 is 4.79 Å². The third kappa shape index (κ3) is 3.86. The molecular formula is C20H23N7O. The average Bonchev–Trinajstić information content (AvgIpc) is 3.13. The van der Waals surface area contributed by atoms with E-state index in [1.807, 2.05) is 53.2 Å². The zero-order chi connectivity index (χ0) is 19.5. The van der Waals surface area contributed by atoms with Gasteiger partial charge in [0.1, 0.15) is 5.82 Å². The van der Waals surface area contributed by atoms with E-state index in [1.165, 1.54) is 0 Å². The van der Waals surface area contributed by atoms with Gasteiger partial charge in [0.05, 0.1) is 6.54 Å².